The van der Waals surface area contributed by atoms with Gasteiger partial charge in [0.1, 0.15) is 22.9 Å². The van der Waals surface area contributed by atoms with Crippen LogP contribution in [0.15, 0.2) is 129 Å². The van der Waals surface area contributed by atoms with E-state index in [1.54, 1.807) is 43.2 Å². The number of nitrogens with zero attached hydrogens (tertiary/aromatic N) is 3. The van der Waals surface area contributed by atoms with Crippen LogP contribution in [0.2, 0.25) is 0 Å². The van der Waals surface area contributed by atoms with E-state index in [-0.39, 0.29) is 78.2 Å². The van der Waals surface area contributed by atoms with Crippen LogP contribution in [0.3, 0.4) is 0 Å². The first-order valence-corrected chi connectivity index (χ1v) is 30.9. The van der Waals surface area contributed by atoms with Crippen molar-refractivity contribution >= 4 is 96.9 Å². The van der Waals surface area contributed by atoms with Crippen LogP contribution in [0.5, 0.6) is 5.75 Å². The zero-order valence-electron chi connectivity index (χ0n) is 44.0. The summed E-state index contributed by atoms with van der Waals surface area (Å²) in [5.41, 5.74) is 1.04. The Morgan fingerprint density at radius 2 is 1.35 bits per heavy atom. The Bertz CT molecular complexity index is 3950. The number of hydrogen-bond donors (Lipinski definition) is 4. The molecule has 4 N–H and O–H groups in total. The molecule has 0 aliphatic carbocycles. The average molecular weight is 1180 g/mol. The molecule has 3 aliphatic rings. The maximum atomic E-state index is 13.2. The van der Waals surface area contributed by atoms with Crippen LogP contribution in [0.25, 0.3) is 21.5 Å². The molecule has 3 heterocycles. The second kappa shape index (κ2) is 22.7. The van der Waals surface area contributed by atoms with Gasteiger partial charge in [0.05, 0.1) is 26.5 Å². The van der Waals surface area contributed by atoms with Crippen LogP contribution in [0.4, 0.5) is 11.4 Å². The number of carbonyl (C=O) groups excluding carboxylic acids is 3. The Balaban J connectivity index is 1.35. The van der Waals surface area contributed by atoms with E-state index in [1.165, 1.54) is 55.6 Å². The van der Waals surface area contributed by atoms with Crippen molar-refractivity contribution in [3.05, 3.63) is 131 Å². The summed E-state index contributed by atoms with van der Waals surface area (Å²) in [5, 5.41) is 1.57. The highest BCUT2D eigenvalue weighted by Crippen LogP contribution is 2.54. The predicted octanol–water partition coefficient (Wildman–Crippen LogP) is 7.25. The predicted molar refractivity (Wildman–Crippen MR) is 292 cm³/mol. The molecule has 5 aromatic carbocycles. The summed E-state index contributed by atoms with van der Waals surface area (Å²) >= 11 is 0. The SMILES string of the molecule is CCC[N+]1=C(/C=C/C(=C/C=C2/N(CCCS(=O)(=O)O)c3ccc4c(S(=O)(=O)O)cc(S(=O)(=O)O)cc4c3C2(C)CCOC)Oc2ccc(C(=O)ON3C(=O)CCC3=O)cc2)C(C)(CCOC)c2c1ccc1ccc(S(=O)(=O)O)cc21. The maximum absolute atomic E-state index is 13.2. The van der Waals surface area contributed by atoms with Crippen LogP contribution in [0.1, 0.15) is 80.8 Å². The number of carbonyl (C=O) groups is 3. The summed E-state index contributed by atoms with van der Waals surface area (Å²) in [5.74, 6) is -2.75. The van der Waals surface area contributed by atoms with Crippen LogP contribution in [0, 0.1) is 0 Å². The van der Waals surface area contributed by atoms with E-state index in [1.807, 2.05) is 32.1 Å². The second-order valence-corrected chi connectivity index (χ2v) is 25.6. The molecular formula is C54H58N3O19S4+. The molecule has 2 unspecified atom stereocenters. The van der Waals surface area contributed by atoms with Crippen molar-refractivity contribution in [2.75, 3.05) is 51.2 Å². The third-order valence-corrected chi connectivity index (χ3v) is 17.8. The molecule has 0 aromatic heterocycles. The molecule has 26 heteroatoms. The fraction of sp³-hybridized carbons (Fsp3) is 0.333. The number of anilines is 1. The molecular weight excluding hydrogens is 1120 g/mol. The molecule has 0 radical (unpaired) electrons. The van der Waals surface area contributed by atoms with Gasteiger partial charge in [-0.3, -0.25) is 27.8 Å². The van der Waals surface area contributed by atoms with Gasteiger partial charge in [0, 0.05) is 93.1 Å². The highest BCUT2D eigenvalue weighted by atomic mass is 32.2. The van der Waals surface area contributed by atoms with Crippen molar-refractivity contribution < 1.29 is 89.9 Å². The maximum Gasteiger partial charge on any atom is 0.363 e. The molecule has 0 saturated carbocycles. The smallest absolute Gasteiger partial charge is 0.363 e. The minimum atomic E-state index is -5.14. The summed E-state index contributed by atoms with van der Waals surface area (Å²) in [6.07, 6.45) is 7.45. The van der Waals surface area contributed by atoms with Crippen LogP contribution in [-0.2, 0) is 75.2 Å². The number of rotatable bonds is 22. The highest BCUT2D eigenvalue weighted by molar-refractivity contribution is 7.87. The largest absolute Gasteiger partial charge is 0.457 e. The quantitative estimate of drug-likeness (QED) is 0.0174. The van der Waals surface area contributed by atoms with Gasteiger partial charge in [-0.1, -0.05) is 19.1 Å². The first-order valence-electron chi connectivity index (χ1n) is 25.0. The third-order valence-electron chi connectivity index (χ3n) is 14.5. The normalized spacial score (nSPS) is 19.6. The molecule has 5 aromatic rings. The van der Waals surface area contributed by atoms with Gasteiger partial charge in [-0.2, -0.15) is 38.2 Å². The summed E-state index contributed by atoms with van der Waals surface area (Å²) in [6.45, 7) is 6.40. The lowest BCUT2D eigenvalue weighted by Crippen LogP contribution is -2.33. The molecule has 1 saturated heterocycles. The van der Waals surface area contributed by atoms with Crippen molar-refractivity contribution in [2.24, 2.45) is 0 Å². The molecule has 0 spiro atoms. The van der Waals surface area contributed by atoms with E-state index in [0.29, 0.717) is 58.2 Å². The van der Waals surface area contributed by atoms with Gasteiger partial charge >= 0.3 is 5.97 Å². The zero-order chi connectivity index (χ0) is 58.3. The highest BCUT2D eigenvalue weighted by Gasteiger charge is 2.49. The molecule has 2 atom stereocenters. The summed E-state index contributed by atoms with van der Waals surface area (Å²) in [6, 6.07) is 18.3. The molecule has 3 aliphatic heterocycles. The minimum absolute atomic E-state index is 0.00995. The number of benzene rings is 5. The first-order chi connectivity index (χ1) is 37.5. The number of imide groups is 1. The van der Waals surface area contributed by atoms with Gasteiger partial charge < -0.3 is 23.9 Å². The lowest BCUT2D eigenvalue weighted by atomic mass is 9.75. The van der Waals surface area contributed by atoms with E-state index in [9.17, 15) is 66.3 Å². The number of allylic oxidation sites excluding steroid dienone is 5. The van der Waals surface area contributed by atoms with Crippen molar-refractivity contribution in [3.8, 4) is 5.75 Å². The average Bonchev–Trinajstić information content (AvgIpc) is 3.94. The fourth-order valence-corrected chi connectivity index (χ4v) is 13.0. The molecule has 80 heavy (non-hydrogen) atoms. The number of amides is 2. The standard InChI is InChI=1S/C54H57N3O19S4/c1-6-26-55-43-18-11-34-10-16-38(78(64,65)66)31-41(34)50(43)53(2,24-28-73-4)46(55)20-14-37(75-36-12-8-35(9-13-36)52(60)76-57-48(58)22-23-49(57)59)15-21-47-54(3,25-29-74-5)51-42-32-39(79(67,68)69)33-45(80(70,71)72)40(42)17-19-44(51)56(47)27-7-30-77(61,62)63/h8-21,31-33H,6-7,22-30H2,1-5H3,(H3-,61,62,63,64,65,66,67,68,69,70,71,72)/p+1. The van der Waals surface area contributed by atoms with Gasteiger partial charge in [0.25, 0.3) is 52.3 Å². The van der Waals surface area contributed by atoms with E-state index >= 15 is 0 Å². The van der Waals surface area contributed by atoms with Crippen molar-refractivity contribution in [2.45, 2.75) is 84.8 Å². The zero-order valence-corrected chi connectivity index (χ0v) is 47.2. The fourth-order valence-electron chi connectivity index (χ4n) is 10.7. The number of hydrogen-bond acceptors (Lipinski definition) is 16. The summed E-state index contributed by atoms with van der Waals surface area (Å²) < 4.78 is 161. The minimum Gasteiger partial charge on any atom is -0.457 e. The Kier molecular flexibility index (Phi) is 16.8. The Morgan fingerprint density at radius 1 is 0.725 bits per heavy atom. The van der Waals surface area contributed by atoms with Gasteiger partial charge in [0.2, 0.25) is 5.69 Å². The van der Waals surface area contributed by atoms with Crippen LogP contribution < -0.4 is 9.64 Å². The van der Waals surface area contributed by atoms with Crippen LogP contribution >= 0.6 is 0 Å². The number of hydroxylamine groups is 2. The molecule has 8 rings (SSSR count). The number of ether oxygens (including phenoxy) is 3. The molecule has 426 valence electrons. The molecule has 22 nitrogen and oxygen atoms in total. The number of fused-ring (bicyclic) bond motifs is 6. The first kappa shape index (κ1) is 59.4. The lowest BCUT2D eigenvalue weighted by Gasteiger charge is -2.30. The van der Waals surface area contributed by atoms with Gasteiger partial charge in [-0.15, -0.1) is 5.06 Å². The van der Waals surface area contributed by atoms with E-state index in [4.69, 9.17) is 19.0 Å². The third kappa shape index (κ3) is 12.0. The summed E-state index contributed by atoms with van der Waals surface area (Å²) in [4.78, 5) is 42.5. The van der Waals surface area contributed by atoms with Gasteiger partial charge in [0.15, 0.2) is 5.71 Å². The van der Waals surface area contributed by atoms with Crippen LogP contribution in [-0.4, -0.2) is 131 Å². The van der Waals surface area contributed by atoms with Gasteiger partial charge in [-0.05, 0) is 134 Å². The monoisotopic (exact) mass is 1180 g/mol. The summed E-state index contributed by atoms with van der Waals surface area (Å²) in [7, 11) is -16.4. The molecule has 0 bridgehead atoms. The Hall–Kier alpha value is -6.72. The van der Waals surface area contributed by atoms with E-state index in [0.717, 1.165) is 23.0 Å². The number of methoxy groups -OCH3 is 2. The Labute approximate surface area is 462 Å². The van der Waals surface area contributed by atoms with Crippen molar-refractivity contribution in [1.29, 1.82) is 0 Å². The topological polar surface area (TPSA) is 315 Å². The van der Waals surface area contributed by atoms with Crippen molar-refractivity contribution in [1.82, 2.24) is 5.06 Å². The Morgan fingerprint density at radius 3 is 1.95 bits per heavy atom. The van der Waals surface area contributed by atoms with E-state index < -0.39 is 84.6 Å². The van der Waals surface area contributed by atoms with Gasteiger partial charge in [-0.25, -0.2) is 4.79 Å². The molecule has 1 fully saturated rings. The van der Waals surface area contributed by atoms with Crippen molar-refractivity contribution in [3.63, 3.8) is 0 Å². The lowest BCUT2D eigenvalue weighted by molar-refractivity contribution is -0.437. The van der Waals surface area contributed by atoms with E-state index in [2.05, 4.69) is 4.58 Å². The second-order valence-electron chi connectivity index (χ2n) is 19.8. The molecule has 2 amide bonds.